The molecule has 28 heavy (non-hydrogen) atoms. The van der Waals surface area contributed by atoms with Crippen molar-refractivity contribution in [3.05, 3.63) is 112 Å². The van der Waals surface area contributed by atoms with Gasteiger partial charge in [-0.05, 0) is 41.0 Å². The lowest BCUT2D eigenvalue weighted by atomic mass is 10.0. The lowest BCUT2D eigenvalue weighted by molar-refractivity contribution is 0.0668. The summed E-state index contributed by atoms with van der Waals surface area (Å²) in [5.74, 6) is 0. The number of aromatic nitrogens is 3. The molecule has 4 rings (SSSR count). The van der Waals surface area contributed by atoms with Crippen molar-refractivity contribution < 1.29 is 4.74 Å². The molecule has 1 atom stereocenters. The van der Waals surface area contributed by atoms with Gasteiger partial charge < -0.3 is 4.74 Å². The normalized spacial score (nSPS) is 12.1. The highest BCUT2D eigenvalue weighted by Gasteiger charge is 2.16. The molecular formula is C22H17Cl2N3O. The number of hydrogen-bond acceptors (Lipinski definition) is 3. The van der Waals surface area contributed by atoms with Crippen molar-refractivity contribution in [1.29, 1.82) is 0 Å². The predicted octanol–water partition coefficient (Wildman–Crippen LogP) is 5.88. The fourth-order valence-corrected chi connectivity index (χ4v) is 3.43. The summed E-state index contributed by atoms with van der Waals surface area (Å²) in [6.45, 7) is 0.375. The fraction of sp³-hybridized carbons (Fsp3) is 0.0909. The lowest BCUT2D eigenvalue weighted by Gasteiger charge is -2.20. The molecule has 0 N–H and O–H groups in total. The number of ether oxygens (including phenoxy) is 1. The molecule has 0 radical (unpaired) electrons. The van der Waals surface area contributed by atoms with Crippen molar-refractivity contribution in [3.63, 3.8) is 0 Å². The van der Waals surface area contributed by atoms with Crippen molar-refractivity contribution in [2.24, 2.45) is 0 Å². The van der Waals surface area contributed by atoms with Gasteiger partial charge >= 0.3 is 0 Å². The maximum atomic E-state index is 6.30. The highest BCUT2D eigenvalue weighted by atomic mass is 35.5. The van der Waals surface area contributed by atoms with Crippen LogP contribution in [0.1, 0.15) is 22.8 Å². The minimum Gasteiger partial charge on any atom is -0.364 e. The summed E-state index contributed by atoms with van der Waals surface area (Å²) in [7, 11) is 0. The van der Waals surface area contributed by atoms with E-state index in [9.17, 15) is 0 Å². The standard InChI is InChI=1S/C22H17Cl2N3O/c23-19-9-6-18(21(24)12-19)13-28-22(16-4-2-1-3-5-16)17-7-10-20(11-8-17)27-15-25-14-26-27/h1-12,14-15,22H,13H2. The molecule has 0 fully saturated rings. The summed E-state index contributed by atoms with van der Waals surface area (Å²) in [5.41, 5.74) is 3.95. The maximum Gasteiger partial charge on any atom is 0.138 e. The van der Waals surface area contributed by atoms with Crippen molar-refractivity contribution in [2.45, 2.75) is 12.7 Å². The largest absolute Gasteiger partial charge is 0.364 e. The molecule has 0 aliphatic carbocycles. The third-order valence-electron chi connectivity index (χ3n) is 4.40. The quantitative estimate of drug-likeness (QED) is 0.399. The van der Waals surface area contributed by atoms with Crippen LogP contribution in [-0.4, -0.2) is 14.8 Å². The van der Waals surface area contributed by atoms with E-state index in [2.05, 4.69) is 22.2 Å². The molecular weight excluding hydrogens is 393 g/mol. The zero-order valence-electron chi connectivity index (χ0n) is 14.9. The van der Waals surface area contributed by atoms with Crippen LogP contribution in [0, 0.1) is 0 Å². The molecule has 6 heteroatoms. The van der Waals surface area contributed by atoms with Gasteiger partial charge in [0.2, 0.25) is 0 Å². The summed E-state index contributed by atoms with van der Waals surface area (Å²) < 4.78 is 8.01. The summed E-state index contributed by atoms with van der Waals surface area (Å²) in [5, 5.41) is 5.37. The Kier molecular flexibility index (Phi) is 5.72. The van der Waals surface area contributed by atoms with Gasteiger partial charge in [-0.15, -0.1) is 0 Å². The van der Waals surface area contributed by atoms with Gasteiger partial charge in [-0.1, -0.05) is 71.7 Å². The van der Waals surface area contributed by atoms with Crippen molar-refractivity contribution in [1.82, 2.24) is 14.8 Å². The van der Waals surface area contributed by atoms with E-state index in [1.165, 1.54) is 6.33 Å². The zero-order valence-corrected chi connectivity index (χ0v) is 16.4. The Hall–Kier alpha value is -2.66. The Labute approximate surface area is 173 Å². The van der Waals surface area contributed by atoms with Crippen molar-refractivity contribution in [3.8, 4) is 5.69 Å². The first-order chi connectivity index (χ1) is 13.7. The monoisotopic (exact) mass is 409 g/mol. The Morgan fingerprint density at radius 2 is 1.64 bits per heavy atom. The topological polar surface area (TPSA) is 39.9 Å². The first-order valence-corrected chi connectivity index (χ1v) is 9.52. The number of benzene rings is 3. The van der Waals surface area contributed by atoms with Gasteiger partial charge in [0.1, 0.15) is 18.8 Å². The third-order valence-corrected chi connectivity index (χ3v) is 4.99. The van der Waals surface area contributed by atoms with E-state index in [4.69, 9.17) is 27.9 Å². The first-order valence-electron chi connectivity index (χ1n) is 8.76. The highest BCUT2D eigenvalue weighted by molar-refractivity contribution is 6.35. The van der Waals surface area contributed by atoms with Crippen LogP contribution in [0.3, 0.4) is 0 Å². The van der Waals surface area contributed by atoms with Crippen LogP contribution in [0.5, 0.6) is 0 Å². The second kappa shape index (κ2) is 8.57. The predicted molar refractivity (Wildman–Crippen MR) is 111 cm³/mol. The Bertz CT molecular complexity index is 1040. The van der Waals surface area contributed by atoms with E-state index in [-0.39, 0.29) is 6.10 Å². The first kappa shape index (κ1) is 18.7. The fourth-order valence-electron chi connectivity index (χ4n) is 2.97. The number of hydrogen-bond donors (Lipinski definition) is 0. The van der Waals surface area contributed by atoms with E-state index in [1.54, 1.807) is 17.1 Å². The minimum absolute atomic E-state index is 0.224. The lowest BCUT2D eigenvalue weighted by Crippen LogP contribution is -2.07. The molecule has 1 aromatic heterocycles. The average Bonchev–Trinajstić information content (AvgIpc) is 3.26. The summed E-state index contributed by atoms with van der Waals surface area (Å²) in [6.07, 6.45) is 2.96. The van der Waals surface area contributed by atoms with Crippen LogP contribution in [0.15, 0.2) is 85.5 Å². The minimum atomic E-state index is -0.224. The molecule has 0 saturated carbocycles. The van der Waals surface area contributed by atoms with E-state index >= 15 is 0 Å². The number of halogens is 2. The molecule has 4 aromatic rings. The number of nitrogens with zero attached hydrogens (tertiary/aromatic N) is 3. The Balaban J connectivity index is 1.60. The third kappa shape index (κ3) is 4.25. The molecule has 0 saturated heterocycles. The average molecular weight is 410 g/mol. The van der Waals surface area contributed by atoms with Crippen LogP contribution in [-0.2, 0) is 11.3 Å². The van der Waals surface area contributed by atoms with Crippen LogP contribution >= 0.6 is 23.2 Å². The van der Waals surface area contributed by atoms with Gasteiger partial charge in [0, 0.05) is 10.0 Å². The molecule has 0 bridgehead atoms. The van der Waals surface area contributed by atoms with Gasteiger partial charge in [0.05, 0.1) is 12.3 Å². The van der Waals surface area contributed by atoms with Crippen LogP contribution in [0.4, 0.5) is 0 Å². The Morgan fingerprint density at radius 3 is 2.32 bits per heavy atom. The van der Waals surface area contributed by atoms with Gasteiger partial charge in [-0.2, -0.15) is 5.10 Å². The number of rotatable bonds is 6. The van der Waals surface area contributed by atoms with Gasteiger partial charge in [0.15, 0.2) is 0 Å². The molecule has 140 valence electrons. The summed E-state index contributed by atoms with van der Waals surface area (Å²) >= 11 is 12.3. The Morgan fingerprint density at radius 1 is 0.893 bits per heavy atom. The smallest absolute Gasteiger partial charge is 0.138 e. The molecule has 0 spiro atoms. The van der Waals surface area contributed by atoms with Gasteiger partial charge in [0.25, 0.3) is 0 Å². The van der Waals surface area contributed by atoms with E-state index in [0.717, 1.165) is 22.4 Å². The van der Waals surface area contributed by atoms with Crippen LogP contribution in [0.2, 0.25) is 10.0 Å². The highest BCUT2D eigenvalue weighted by Crippen LogP contribution is 2.29. The van der Waals surface area contributed by atoms with E-state index < -0.39 is 0 Å². The van der Waals surface area contributed by atoms with Crippen LogP contribution < -0.4 is 0 Å². The molecule has 3 aromatic carbocycles. The van der Waals surface area contributed by atoms with Gasteiger partial charge in [-0.3, -0.25) is 0 Å². The summed E-state index contributed by atoms with van der Waals surface area (Å²) in [6, 6.07) is 23.6. The maximum absolute atomic E-state index is 6.30. The molecule has 4 nitrogen and oxygen atoms in total. The van der Waals surface area contributed by atoms with E-state index in [0.29, 0.717) is 16.7 Å². The van der Waals surface area contributed by atoms with E-state index in [1.807, 2.05) is 54.6 Å². The molecule has 0 aliphatic heterocycles. The second-order valence-corrected chi connectivity index (χ2v) is 7.11. The second-order valence-electron chi connectivity index (χ2n) is 6.27. The van der Waals surface area contributed by atoms with Crippen LogP contribution in [0.25, 0.3) is 5.69 Å². The zero-order chi connectivity index (χ0) is 19.3. The van der Waals surface area contributed by atoms with Crippen molar-refractivity contribution in [2.75, 3.05) is 0 Å². The molecule has 0 aliphatic rings. The molecule has 0 amide bonds. The molecule has 1 heterocycles. The van der Waals surface area contributed by atoms with Crippen molar-refractivity contribution >= 4 is 23.2 Å². The van der Waals surface area contributed by atoms with Gasteiger partial charge in [-0.25, -0.2) is 9.67 Å². The SMILES string of the molecule is Clc1ccc(COC(c2ccccc2)c2ccc(-n3cncn3)cc2)c(Cl)c1. The molecule has 1 unspecified atom stereocenters. The summed E-state index contributed by atoms with van der Waals surface area (Å²) in [4.78, 5) is 3.99.